The number of benzene rings is 1. The van der Waals surface area contributed by atoms with Crippen molar-refractivity contribution >= 4 is 33.4 Å². The Balaban J connectivity index is 2.24. The Kier molecular flexibility index (Phi) is 5.47. The summed E-state index contributed by atoms with van der Waals surface area (Å²) in [6, 6.07) is 6.00. The fourth-order valence-corrected chi connectivity index (χ4v) is 3.45. The van der Waals surface area contributed by atoms with Gasteiger partial charge in [0.05, 0.1) is 0 Å². The largest absolute Gasteiger partial charge is 0.333 e. The third-order valence-corrected chi connectivity index (χ3v) is 4.51. The Hall–Kier alpha value is -0.580. The molecule has 2 unspecified atom stereocenters. The minimum atomic E-state index is 0.0694. The molecule has 110 valence electrons. The van der Waals surface area contributed by atoms with E-state index in [0.29, 0.717) is 16.6 Å². The summed E-state index contributed by atoms with van der Waals surface area (Å²) in [6.45, 7) is 5.88. The summed E-state index contributed by atoms with van der Waals surface area (Å²) in [5.41, 5.74) is 0.652. The summed E-state index contributed by atoms with van der Waals surface area (Å²) >= 11 is 9.44. The van der Waals surface area contributed by atoms with Gasteiger partial charge >= 0.3 is 0 Å². The smallest absolute Gasteiger partial charge is 0.254 e. The van der Waals surface area contributed by atoms with Crippen LogP contribution >= 0.6 is 27.5 Å². The molecule has 2 atom stereocenters. The van der Waals surface area contributed by atoms with Gasteiger partial charge in [-0.2, -0.15) is 0 Å². The number of carbonyl (C=O) groups is 1. The highest BCUT2D eigenvalue weighted by Crippen LogP contribution is 2.23. The molecule has 0 saturated carbocycles. The monoisotopic (exact) mass is 358 g/mol. The van der Waals surface area contributed by atoms with Crippen LogP contribution in [0.5, 0.6) is 0 Å². The normalized spacial score (nSPS) is 22.9. The van der Waals surface area contributed by atoms with Crippen LogP contribution in [0.4, 0.5) is 0 Å². The Morgan fingerprint density at radius 2 is 2.15 bits per heavy atom. The molecule has 1 fully saturated rings. The van der Waals surface area contributed by atoms with E-state index in [1.165, 1.54) is 0 Å². The van der Waals surface area contributed by atoms with Crippen LogP contribution in [-0.2, 0) is 0 Å². The van der Waals surface area contributed by atoms with Crippen molar-refractivity contribution in [3.05, 3.63) is 33.3 Å². The minimum absolute atomic E-state index is 0.0694. The molecule has 1 amide bonds. The first-order valence-electron chi connectivity index (χ1n) is 7.05. The third-order valence-electron chi connectivity index (χ3n) is 3.83. The molecule has 1 aromatic rings. The first kappa shape index (κ1) is 15.8. The van der Waals surface area contributed by atoms with Crippen molar-refractivity contribution in [2.75, 3.05) is 13.1 Å². The number of amides is 1. The van der Waals surface area contributed by atoms with Gasteiger partial charge in [-0.15, -0.1) is 0 Å². The van der Waals surface area contributed by atoms with E-state index in [9.17, 15) is 4.79 Å². The molecule has 3 nitrogen and oxygen atoms in total. The maximum absolute atomic E-state index is 12.8. The van der Waals surface area contributed by atoms with Crippen LogP contribution in [0.2, 0.25) is 5.02 Å². The van der Waals surface area contributed by atoms with Crippen LogP contribution in [-0.4, -0.2) is 36.0 Å². The molecule has 20 heavy (non-hydrogen) atoms. The van der Waals surface area contributed by atoms with Gasteiger partial charge in [0.1, 0.15) is 0 Å². The quantitative estimate of drug-likeness (QED) is 0.892. The van der Waals surface area contributed by atoms with Crippen molar-refractivity contribution in [2.45, 2.75) is 38.8 Å². The van der Waals surface area contributed by atoms with Gasteiger partial charge in [0.2, 0.25) is 0 Å². The summed E-state index contributed by atoms with van der Waals surface area (Å²) in [5.74, 6) is 0.0694. The Labute approximate surface area is 133 Å². The van der Waals surface area contributed by atoms with Crippen LogP contribution in [0.1, 0.15) is 37.0 Å². The molecule has 0 bridgehead atoms. The third kappa shape index (κ3) is 3.54. The number of hydrogen-bond donors (Lipinski definition) is 1. The summed E-state index contributed by atoms with van der Waals surface area (Å²) < 4.78 is 0.837. The summed E-state index contributed by atoms with van der Waals surface area (Å²) in [4.78, 5) is 14.7. The Morgan fingerprint density at radius 1 is 1.40 bits per heavy atom. The number of carbonyl (C=O) groups excluding carboxylic acids is 1. The van der Waals surface area contributed by atoms with Gasteiger partial charge in [-0.05, 0) is 31.0 Å². The van der Waals surface area contributed by atoms with Crippen molar-refractivity contribution in [3.8, 4) is 0 Å². The lowest BCUT2D eigenvalue weighted by Gasteiger charge is -2.40. The van der Waals surface area contributed by atoms with E-state index in [1.807, 2.05) is 11.0 Å². The molecule has 1 heterocycles. The van der Waals surface area contributed by atoms with Crippen molar-refractivity contribution < 1.29 is 4.79 Å². The lowest BCUT2D eigenvalue weighted by atomic mass is 10.0. The number of nitrogens with one attached hydrogen (secondary N) is 1. The molecule has 5 heteroatoms. The van der Waals surface area contributed by atoms with E-state index < -0.39 is 0 Å². The van der Waals surface area contributed by atoms with E-state index in [-0.39, 0.29) is 11.9 Å². The molecule has 0 radical (unpaired) electrons. The minimum Gasteiger partial charge on any atom is -0.333 e. The zero-order valence-corrected chi connectivity index (χ0v) is 14.2. The highest BCUT2D eigenvalue weighted by Gasteiger charge is 2.30. The molecule has 1 saturated heterocycles. The van der Waals surface area contributed by atoms with Gasteiger partial charge in [0, 0.05) is 40.2 Å². The van der Waals surface area contributed by atoms with Gasteiger partial charge in [0.15, 0.2) is 0 Å². The van der Waals surface area contributed by atoms with E-state index in [4.69, 9.17) is 11.6 Å². The van der Waals surface area contributed by atoms with Crippen LogP contribution in [0.25, 0.3) is 0 Å². The van der Waals surface area contributed by atoms with Crippen LogP contribution < -0.4 is 5.32 Å². The first-order valence-corrected chi connectivity index (χ1v) is 8.22. The highest BCUT2D eigenvalue weighted by atomic mass is 79.9. The fourth-order valence-electron chi connectivity index (χ4n) is 2.59. The SMILES string of the molecule is CCC1CN(C(=O)c2cc(Cl)cc(Br)c2)C(CC)CN1. The molecular weight excluding hydrogens is 340 g/mol. The van der Waals surface area contributed by atoms with Crippen LogP contribution in [0, 0.1) is 0 Å². The average molecular weight is 360 g/mol. The molecule has 1 N–H and O–H groups in total. The van der Waals surface area contributed by atoms with E-state index >= 15 is 0 Å². The Bertz CT molecular complexity index is 475. The van der Waals surface area contributed by atoms with Gasteiger partial charge < -0.3 is 10.2 Å². The lowest BCUT2D eigenvalue weighted by Crippen LogP contribution is -2.57. The summed E-state index contributed by atoms with van der Waals surface area (Å²) in [6.07, 6.45) is 1.98. The van der Waals surface area contributed by atoms with Crippen LogP contribution in [0.15, 0.2) is 22.7 Å². The topological polar surface area (TPSA) is 32.3 Å². The predicted octanol–water partition coefficient (Wildman–Crippen LogP) is 3.71. The standard InChI is InChI=1S/C15H20BrClN2O/c1-3-13-9-19(14(4-2)8-18-13)15(20)10-5-11(16)7-12(17)6-10/h5-7,13-14,18H,3-4,8-9H2,1-2H3. The number of halogens is 2. The van der Waals surface area contributed by atoms with Crippen molar-refractivity contribution in [1.29, 1.82) is 0 Å². The van der Waals surface area contributed by atoms with Gasteiger partial charge in [-0.3, -0.25) is 4.79 Å². The van der Waals surface area contributed by atoms with Crippen molar-refractivity contribution in [1.82, 2.24) is 10.2 Å². The van der Waals surface area contributed by atoms with E-state index in [0.717, 1.165) is 30.4 Å². The molecule has 2 rings (SSSR count). The number of nitrogens with zero attached hydrogens (tertiary/aromatic N) is 1. The van der Waals surface area contributed by atoms with E-state index in [1.54, 1.807) is 12.1 Å². The second-order valence-corrected chi connectivity index (χ2v) is 6.54. The lowest BCUT2D eigenvalue weighted by molar-refractivity contribution is 0.0576. The van der Waals surface area contributed by atoms with Crippen molar-refractivity contribution in [3.63, 3.8) is 0 Å². The van der Waals surface area contributed by atoms with Gasteiger partial charge in [0.25, 0.3) is 5.91 Å². The number of rotatable bonds is 3. The highest BCUT2D eigenvalue weighted by molar-refractivity contribution is 9.10. The zero-order chi connectivity index (χ0) is 14.7. The molecule has 1 aromatic carbocycles. The van der Waals surface area contributed by atoms with E-state index in [2.05, 4.69) is 35.1 Å². The van der Waals surface area contributed by atoms with Gasteiger partial charge in [-0.25, -0.2) is 0 Å². The number of piperazine rings is 1. The number of hydrogen-bond acceptors (Lipinski definition) is 2. The molecule has 0 spiro atoms. The zero-order valence-electron chi connectivity index (χ0n) is 11.8. The molecule has 1 aliphatic heterocycles. The summed E-state index contributed by atoms with van der Waals surface area (Å²) in [5, 5.41) is 4.08. The Morgan fingerprint density at radius 3 is 2.75 bits per heavy atom. The summed E-state index contributed by atoms with van der Waals surface area (Å²) in [7, 11) is 0. The first-order chi connectivity index (χ1) is 9.55. The maximum atomic E-state index is 12.8. The van der Waals surface area contributed by atoms with Crippen molar-refractivity contribution in [2.24, 2.45) is 0 Å². The van der Waals surface area contributed by atoms with Crippen LogP contribution in [0.3, 0.4) is 0 Å². The molecular formula is C15H20BrClN2O. The molecule has 0 aromatic heterocycles. The second kappa shape index (κ2) is 6.92. The fraction of sp³-hybridized carbons (Fsp3) is 0.533. The maximum Gasteiger partial charge on any atom is 0.254 e. The molecule has 1 aliphatic rings. The average Bonchev–Trinajstić information content (AvgIpc) is 2.44. The second-order valence-electron chi connectivity index (χ2n) is 5.19. The van der Waals surface area contributed by atoms with Gasteiger partial charge in [-0.1, -0.05) is 41.4 Å². The predicted molar refractivity (Wildman–Crippen MR) is 86.3 cm³/mol. The molecule has 0 aliphatic carbocycles.